The topological polar surface area (TPSA) is 26.0 Å². The van der Waals surface area contributed by atoms with Crippen LogP contribution in [-0.2, 0) is 0 Å². The van der Waals surface area contributed by atoms with Crippen LogP contribution in [0.25, 0.3) is 0 Å². The number of hydrogen-bond donors (Lipinski definition) is 1. The Labute approximate surface area is 110 Å². The Hall–Kier alpha value is -0.890. The van der Waals surface area contributed by atoms with Gasteiger partial charge >= 0.3 is 0 Å². The molecule has 1 aliphatic rings. The maximum Gasteiger partial charge on any atom is 0.128 e. The lowest BCUT2D eigenvalue weighted by molar-refractivity contribution is 0.404. The first-order chi connectivity index (χ1) is 8.52. The van der Waals surface area contributed by atoms with E-state index in [0.717, 1.165) is 35.4 Å². The van der Waals surface area contributed by atoms with Gasteiger partial charge in [-0.2, -0.15) is 0 Å². The second-order valence-corrected chi connectivity index (χ2v) is 5.85. The van der Waals surface area contributed by atoms with Crippen LogP contribution in [0.3, 0.4) is 0 Å². The Morgan fingerprint density at radius 3 is 2.61 bits per heavy atom. The van der Waals surface area contributed by atoms with Crippen molar-refractivity contribution >= 4 is 0 Å². The number of benzene rings is 1. The van der Waals surface area contributed by atoms with E-state index in [0.29, 0.717) is 5.92 Å². The highest BCUT2D eigenvalue weighted by Gasteiger charge is 2.30. The van der Waals surface area contributed by atoms with Crippen molar-refractivity contribution in [3.63, 3.8) is 0 Å². The van der Waals surface area contributed by atoms with Crippen LogP contribution in [0.15, 0.2) is 12.1 Å². The van der Waals surface area contributed by atoms with Crippen LogP contribution in [0.4, 0.5) is 4.39 Å². The second-order valence-electron chi connectivity index (χ2n) is 5.85. The van der Waals surface area contributed by atoms with Crippen molar-refractivity contribution in [2.45, 2.75) is 52.5 Å². The van der Waals surface area contributed by atoms with E-state index in [1.54, 1.807) is 6.07 Å². The van der Waals surface area contributed by atoms with E-state index in [9.17, 15) is 4.39 Å². The maximum absolute atomic E-state index is 14.1. The molecule has 0 saturated heterocycles. The second kappa shape index (κ2) is 5.40. The van der Waals surface area contributed by atoms with Gasteiger partial charge in [0.2, 0.25) is 0 Å². The molecule has 3 unspecified atom stereocenters. The van der Waals surface area contributed by atoms with Crippen molar-refractivity contribution in [2.24, 2.45) is 17.6 Å². The zero-order valence-corrected chi connectivity index (χ0v) is 11.7. The third kappa shape index (κ3) is 2.59. The fourth-order valence-corrected chi connectivity index (χ4v) is 3.40. The minimum atomic E-state index is -0.137. The van der Waals surface area contributed by atoms with Crippen molar-refractivity contribution in [2.75, 3.05) is 0 Å². The first-order valence-electron chi connectivity index (χ1n) is 7.05. The van der Waals surface area contributed by atoms with Gasteiger partial charge in [-0.05, 0) is 55.7 Å². The summed E-state index contributed by atoms with van der Waals surface area (Å²) in [7, 11) is 0. The molecule has 18 heavy (non-hydrogen) atoms. The van der Waals surface area contributed by atoms with Gasteiger partial charge in [-0.25, -0.2) is 4.39 Å². The van der Waals surface area contributed by atoms with Crippen LogP contribution >= 0.6 is 0 Å². The predicted molar refractivity (Wildman–Crippen MR) is 73.9 cm³/mol. The maximum atomic E-state index is 14.1. The van der Waals surface area contributed by atoms with Gasteiger partial charge in [-0.1, -0.05) is 25.8 Å². The quantitative estimate of drug-likeness (QED) is 0.850. The SMILES string of the molecule is CCC1CCC(C(N)c2c(C)cc(C)cc2F)C1. The molecule has 1 fully saturated rings. The van der Waals surface area contributed by atoms with Gasteiger partial charge in [0.25, 0.3) is 0 Å². The largest absolute Gasteiger partial charge is 0.324 e. The number of halogens is 1. The highest BCUT2D eigenvalue weighted by atomic mass is 19.1. The normalized spacial score (nSPS) is 25.4. The summed E-state index contributed by atoms with van der Waals surface area (Å²) in [6.45, 7) is 6.13. The zero-order valence-electron chi connectivity index (χ0n) is 11.7. The summed E-state index contributed by atoms with van der Waals surface area (Å²) in [6, 6.07) is 3.50. The van der Waals surface area contributed by atoms with Crippen molar-refractivity contribution in [3.05, 3.63) is 34.6 Å². The summed E-state index contributed by atoms with van der Waals surface area (Å²) in [5, 5.41) is 0. The number of aryl methyl sites for hydroxylation is 2. The minimum Gasteiger partial charge on any atom is -0.324 e. The van der Waals surface area contributed by atoms with Crippen molar-refractivity contribution in [3.8, 4) is 0 Å². The summed E-state index contributed by atoms with van der Waals surface area (Å²) in [5.41, 5.74) is 9.04. The highest BCUT2D eigenvalue weighted by molar-refractivity contribution is 5.34. The first-order valence-corrected chi connectivity index (χ1v) is 7.05. The van der Waals surface area contributed by atoms with Crippen LogP contribution in [0.5, 0.6) is 0 Å². The molecule has 1 aromatic carbocycles. The summed E-state index contributed by atoms with van der Waals surface area (Å²) in [4.78, 5) is 0. The average molecular weight is 249 g/mol. The van der Waals surface area contributed by atoms with Gasteiger partial charge in [-0.3, -0.25) is 0 Å². The Balaban J connectivity index is 2.21. The molecular formula is C16H24FN. The lowest BCUT2D eigenvalue weighted by Crippen LogP contribution is -2.22. The van der Waals surface area contributed by atoms with E-state index >= 15 is 0 Å². The van der Waals surface area contributed by atoms with Crippen LogP contribution in [0, 0.1) is 31.5 Å². The fraction of sp³-hybridized carbons (Fsp3) is 0.625. The van der Waals surface area contributed by atoms with Crippen LogP contribution in [0.2, 0.25) is 0 Å². The summed E-state index contributed by atoms with van der Waals surface area (Å²) in [6.07, 6.45) is 4.77. The summed E-state index contributed by atoms with van der Waals surface area (Å²) in [5.74, 6) is 1.11. The zero-order chi connectivity index (χ0) is 13.3. The van der Waals surface area contributed by atoms with Gasteiger partial charge in [0.15, 0.2) is 0 Å². The van der Waals surface area contributed by atoms with E-state index in [1.165, 1.54) is 12.8 Å². The van der Waals surface area contributed by atoms with Gasteiger partial charge < -0.3 is 5.73 Å². The molecule has 0 heterocycles. The molecule has 3 atom stereocenters. The van der Waals surface area contributed by atoms with Crippen LogP contribution in [0.1, 0.15) is 55.3 Å². The summed E-state index contributed by atoms with van der Waals surface area (Å²) < 4.78 is 14.1. The number of rotatable bonds is 3. The average Bonchev–Trinajstić information content (AvgIpc) is 2.75. The van der Waals surface area contributed by atoms with Gasteiger partial charge in [0.05, 0.1) is 0 Å². The van der Waals surface area contributed by atoms with E-state index in [1.807, 2.05) is 19.9 Å². The Bertz CT molecular complexity index is 404. The Morgan fingerprint density at radius 2 is 2.06 bits per heavy atom. The molecule has 1 aromatic rings. The molecule has 2 N–H and O–H groups in total. The molecule has 1 aliphatic carbocycles. The highest BCUT2D eigenvalue weighted by Crippen LogP contribution is 2.40. The fourth-order valence-electron chi connectivity index (χ4n) is 3.40. The van der Waals surface area contributed by atoms with E-state index < -0.39 is 0 Å². The molecular weight excluding hydrogens is 225 g/mol. The lowest BCUT2D eigenvalue weighted by Gasteiger charge is -2.22. The Kier molecular flexibility index (Phi) is 4.06. The molecule has 0 spiro atoms. The van der Waals surface area contributed by atoms with Crippen molar-refractivity contribution in [1.82, 2.24) is 0 Å². The minimum absolute atomic E-state index is 0.125. The van der Waals surface area contributed by atoms with Crippen LogP contribution in [-0.4, -0.2) is 0 Å². The Morgan fingerprint density at radius 1 is 1.33 bits per heavy atom. The first kappa shape index (κ1) is 13.5. The van der Waals surface area contributed by atoms with E-state index in [-0.39, 0.29) is 11.9 Å². The van der Waals surface area contributed by atoms with E-state index in [4.69, 9.17) is 5.73 Å². The predicted octanol–water partition coefficient (Wildman–Crippen LogP) is 4.27. The van der Waals surface area contributed by atoms with Gasteiger partial charge in [0, 0.05) is 11.6 Å². The molecule has 1 saturated carbocycles. The standard InChI is InChI=1S/C16H24FN/c1-4-12-5-6-13(9-12)16(18)15-11(3)7-10(2)8-14(15)17/h7-8,12-13,16H,4-6,9,18H2,1-3H3. The number of hydrogen-bond acceptors (Lipinski definition) is 1. The van der Waals surface area contributed by atoms with Crippen LogP contribution < -0.4 is 5.73 Å². The molecule has 0 bridgehead atoms. The smallest absolute Gasteiger partial charge is 0.128 e. The van der Waals surface area contributed by atoms with Crippen molar-refractivity contribution < 1.29 is 4.39 Å². The van der Waals surface area contributed by atoms with Gasteiger partial charge in [0.1, 0.15) is 5.82 Å². The monoisotopic (exact) mass is 249 g/mol. The molecule has 0 aromatic heterocycles. The molecule has 0 aliphatic heterocycles. The molecule has 100 valence electrons. The van der Waals surface area contributed by atoms with Crippen molar-refractivity contribution in [1.29, 1.82) is 0 Å². The molecule has 0 amide bonds. The lowest BCUT2D eigenvalue weighted by atomic mass is 9.88. The third-order valence-corrected chi connectivity index (χ3v) is 4.48. The molecule has 2 rings (SSSR count). The molecule has 1 nitrogen and oxygen atoms in total. The van der Waals surface area contributed by atoms with E-state index in [2.05, 4.69) is 6.92 Å². The third-order valence-electron chi connectivity index (χ3n) is 4.48. The molecule has 2 heteroatoms. The number of nitrogens with two attached hydrogens (primary N) is 1. The van der Waals surface area contributed by atoms with Gasteiger partial charge in [-0.15, -0.1) is 0 Å². The summed E-state index contributed by atoms with van der Waals surface area (Å²) >= 11 is 0. The molecule has 0 radical (unpaired) electrons.